The summed E-state index contributed by atoms with van der Waals surface area (Å²) in [5.74, 6) is -0.329. The van der Waals surface area contributed by atoms with Crippen molar-refractivity contribution in [2.45, 2.75) is 24.0 Å². The summed E-state index contributed by atoms with van der Waals surface area (Å²) in [5.41, 5.74) is 5.91. The van der Waals surface area contributed by atoms with Gasteiger partial charge in [0, 0.05) is 6.26 Å². The zero-order chi connectivity index (χ0) is 13.2. The molecule has 1 aromatic rings. The highest BCUT2D eigenvalue weighted by atomic mass is 32.2. The lowest BCUT2D eigenvalue weighted by molar-refractivity contribution is -0.120. The summed E-state index contributed by atoms with van der Waals surface area (Å²) < 4.78 is 22.4. The molecule has 6 heteroatoms. The highest BCUT2D eigenvalue weighted by Gasteiger charge is 2.21. The molecule has 0 fully saturated rings. The molecule has 0 radical (unpaired) electrons. The number of carbonyl (C=O) groups excluding carboxylic acids is 1. The predicted molar refractivity (Wildman–Crippen MR) is 63.2 cm³/mol. The quantitative estimate of drug-likeness (QED) is 0.793. The molecule has 0 amide bonds. The number of aliphatic hydroxyl groups excluding tert-OH is 1. The maximum atomic E-state index is 11.2. The van der Waals surface area contributed by atoms with Crippen LogP contribution in [0.4, 0.5) is 0 Å². The second-order valence-electron chi connectivity index (χ2n) is 3.92. The third kappa shape index (κ3) is 3.36. The van der Waals surface area contributed by atoms with Gasteiger partial charge in [0.1, 0.15) is 11.9 Å². The number of aliphatic hydroxyl groups is 1. The van der Waals surface area contributed by atoms with E-state index >= 15 is 0 Å². The Morgan fingerprint density at radius 3 is 2.12 bits per heavy atom. The lowest BCUT2D eigenvalue weighted by atomic mass is 10.0. The van der Waals surface area contributed by atoms with Gasteiger partial charge in [-0.05, 0) is 24.6 Å². The van der Waals surface area contributed by atoms with Crippen LogP contribution in [0.3, 0.4) is 0 Å². The average molecular weight is 257 g/mol. The summed E-state index contributed by atoms with van der Waals surface area (Å²) in [4.78, 5) is 11.2. The van der Waals surface area contributed by atoms with Gasteiger partial charge < -0.3 is 10.8 Å². The van der Waals surface area contributed by atoms with Crippen LogP contribution in [0.15, 0.2) is 29.2 Å². The Kier molecular flexibility index (Phi) is 4.03. The van der Waals surface area contributed by atoms with E-state index in [0.717, 1.165) is 6.26 Å². The van der Waals surface area contributed by atoms with Crippen molar-refractivity contribution in [3.63, 3.8) is 0 Å². The first kappa shape index (κ1) is 13.8. The number of rotatable bonds is 4. The van der Waals surface area contributed by atoms with E-state index in [2.05, 4.69) is 0 Å². The molecule has 1 aromatic carbocycles. The highest BCUT2D eigenvalue weighted by Crippen LogP contribution is 2.18. The Bertz CT molecular complexity index is 507. The van der Waals surface area contributed by atoms with Crippen molar-refractivity contribution < 1.29 is 18.3 Å². The molecular formula is C11H15NO4S. The molecule has 5 nitrogen and oxygen atoms in total. The van der Waals surface area contributed by atoms with Crippen LogP contribution in [0.25, 0.3) is 0 Å². The normalized spacial score (nSPS) is 15.3. The zero-order valence-electron chi connectivity index (χ0n) is 9.62. The van der Waals surface area contributed by atoms with Crippen molar-refractivity contribution in [1.29, 1.82) is 0 Å². The maximum Gasteiger partial charge on any atom is 0.175 e. The van der Waals surface area contributed by atoms with Gasteiger partial charge in [0.05, 0.1) is 10.9 Å². The summed E-state index contributed by atoms with van der Waals surface area (Å²) in [6.07, 6.45) is -0.0270. The van der Waals surface area contributed by atoms with Gasteiger partial charge >= 0.3 is 0 Å². The molecule has 3 N–H and O–H groups in total. The lowest BCUT2D eigenvalue weighted by Gasteiger charge is -2.16. The van der Waals surface area contributed by atoms with Crippen LogP contribution in [-0.4, -0.2) is 31.6 Å². The Labute approximate surface area is 100 Å². The van der Waals surface area contributed by atoms with Crippen molar-refractivity contribution in [3.8, 4) is 0 Å². The predicted octanol–water partition coefficient (Wildman–Crippen LogP) is 0.0398. The third-order valence-corrected chi connectivity index (χ3v) is 3.59. The summed E-state index contributed by atoms with van der Waals surface area (Å²) in [7, 11) is -3.26. The van der Waals surface area contributed by atoms with Crippen molar-refractivity contribution in [2.75, 3.05) is 6.26 Å². The van der Waals surface area contributed by atoms with Crippen molar-refractivity contribution >= 4 is 15.6 Å². The average Bonchev–Trinajstić information content (AvgIpc) is 2.26. The number of benzene rings is 1. The standard InChI is InChI=1S/C11H15NO4S/c1-7(13)10(12)11(14)8-3-5-9(6-4-8)17(2,15)16/h3-6,10-11,14H,12H2,1-2H3/t10-,11-/m1/s1. The lowest BCUT2D eigenvalue weighted by Crippen LogP contribution is -2.35. The Hall–Kier alpha value is -1.24. The van der Waals surface area contributed by atoms with Gasteiger partial charge in [0.2, 0.25) is 0 Å². The minimum Gasteiger partial charge on any atom is -0.386 e. The zero-order valence-corrected chi connectivity index (χ0v) is 10.4. The van der Waals surface area contributed by atoms with Gasteiger partial charge in [0.25, 0.3) is 0 Å². The van der Waals surface area contributed by atoms with E-state index in [1.54, 1.807) is 0 Å². The Morgan fingerprint density at radius 2 is 1.76 bits per heavy atom. The van der Waals surface area contributed by atoms with E-state index in [1.807, 2.05) is 0 Å². The molecule has 0 aliphatic heterocycles. The summed E-state index contributed by atoms with van der Waals surface area (Å²) in [6, 6.07) is 4.65. The molecule has 0 spiro atoms. The first-order chi connectivity index (χ1) is 7.73. The number of ketones is 1. The highest BCUT2D eigenvalue weighted by molar-refractivity contribution is 7.90. The second kappa shape index (κ2) is 4.95. The SMILES string of the molecule is CC(=O)[C@@H](N)[C@H](O)c1ccc(S(C)(=O)=O)cc1. The van der Waals surface area contributed by atoms with E-state index < -0.39 is 22.0 Å². The Morgan fingerprint density at radius 1 is 1.29 bits per heavy atom. The molecule has 2 atom stereocenters. The van der Waals surface area contributed by atoms with Gasteiger partial charge in [-0.2, -0.15) is 0 Å². The molecule has 0 aromatic heterocycles. The van der Waals surface area contributed by atoms with Crippen molar-refractivity contribution in [3.05, 3.63) is 29.8 Å². The molecule has 94 valence electrons. The number of hydrogen-bond donors (Lipinski definition) is 2. The van der Waals surface area contributed by atoms with E-state index in [1.165, 1.54) is 31.2 Å². The topological polar surface area (TPSA) is 97.5 Å². The molecular weight excluding hydrogens is 242 g/mol. The summed E-state index contributed by atoms with van der Waals surface area (Å²) in [5, 5.41) is 9.76. The molecule has 0 unspecified atom stereocenters. The monoisotopic (exact) mass is 257 g/mol. The van der Waals surface area contributed by atoms with Gasteiger partial charge in [-0.3, -0.25) is 4.79 Å². The molecule has 1 rings (SSSR count). The minimum atomic E-state index is -3.26. The molecule has 0 heterocycles. The molecule has 0 bridgehead atoms. The van der Waals surface area contributed by atoms with Crippen LogP contribution in [0, 0.1) is 0 Å². The molecule has 17 heavy (non-hydrogen) atoms. The van der Waals surface area contributed by atoms with Crippen LogP contribution in [0.2, 0.25) is 0 Å². The van der Waals surface area contributed by atoms with Crippen LogP contribution < -0.4 is 5.73 Å². The van der Waals surface area contributed by atoms with Crippen LogP contribution in [-0.2, 0) is 14.6 Å². The number of Topliss-reactive ketones (excluding diaryl/α,β-unsaturated/α-hetero) is 1. The van der Waals surface area contributed by atoms with E-state index in [9.17, 15) is 18.3 Å². The maximum absolute atomic E-state index is 11.2. The number of nitrogens with two attached hydrogens (primary N) is 1. The van der Waals surface area contributed by atoms with Crippen LogP contribution in [0.5, 0.6) is 0 Å². The summed E-state index contributed by atoms with van der Waals surface area (Å²) in [6.45, 7) is 1.29. The molecule has 0 aliphatic rings. The van der Waals surface area contributed by atoms with Crippen molar-refractivity contribution in [1.82, 2.24) is 0 Å². The third-order valence-electron chi connectivity index (χ3n) is 2.46. The van der Waals surface area contributed by atoms with E-state index in [-0.39, 0.29) is 10.7 Å². The van der Waals surface area contributed by atoms with E-state index in [0.29, 0.717) is 5.56 Å². The largest absolute Gasteiger partial charge is 0.386 e. The summed E-state index contributed by atoms with van der Waals surface area (Å²) >= 11 is 0. The Balaban J connectivity index is 2.99. The fourth-order valence-corrected chi connectivity index (χ4v) is 1.97. The second-order valence-corrected chi connectivity index (χ2v) is 5.94. The molecule has 0 saturated carbocycles. The van der Waals surface area contributed by atoms with E-state index in [4.69, 9.17) is 5.73 Å². The fraction of sp³-hybridized carbons (Fsp3) is 0.364. The smallest absolute Gasteiger partial charge is 0.175 e. The van der Waals surface area contributed by atoms with Gasteiger partial charge in [-0.1, -0.05) is 12.1 Å². The van der Waals surface area contributed by atoms with Crippen molar-refractivity contribution in [2.24, 2.45) is 5.73 Å². The van der Waals surface area contributed by atoms with Gasteiger partial charge in [-0.25, -0.2) is 8.42 Å². The van der Waals surface area contributed by atoms with Crippen LogP contribution in [0.1, 0.15) is 18.6 Å². The molecule has 0 aliphatic carbocycles. The first-order valence-corrected chi connectivity index (χ1v) is 6.86. The first-order valence-electron chi connectivity index (χ1n) is 4.97. The number of hydrogen-bond acceptors (Lipinski definition) is 5. The minimum absolute atomic E-state index is 0.157. The number of carbonyl (C=O) groups is 1. The van der Waals surface area contributed by atoms with Gasteiger partial charge in [-0.15, -0.1) is 0 Å². The number of sulfone groups is 1. The molecule has 0 saturated heterocycles. The van der Waals surface area contributed by atoms with Gasteiger partial charge in [0.15, 0.2) is 9.84 Å². The van der Waals surface area contributed by atoms with Crippen LogP contribution >= 0.6 is 0 Å². The fourth-order valence-electron chi connectivity index (χ4n) is 1.34.